The highest BCUT2D eigenvalue weighted by Crippen LogP contribution is 2.33. The van der Waals surface area contributed by atoms with Crippen LogP contribution in [0.25, 0.3) is 38.4 Å². The second-order valence-corrected chi connectivity index (χ2v) is 6.87. The van der Waals surface area contributed by atoms with Crippen molar-refractivity contribution in [3.05, 3.63) is 90.5 Å². The summed E-state index contributed by atoms with van der Waals surface area (Å²) >= 11 is 0. The molecule has 0 aliphatic carbocycles. The van der Waals surface area contributed by atoms with Gasteiger partial charge in [0.05, 0.1) is 23.1 Å². The van der Waals surface area contributed by atoms with Crippen molar-refractivity contribution in [3.8, 4) is 0 Å². The Balaban J connectivity index is 1.79. The Hall–Kier alpha value is -3.66. The van der Waals surface area contributed by atoms with E-state index in [-0.39, 0.29) is 0 Å². The number of pyridine rings is 1. The molecule has 0 unspecified atom stereocenters. The molecule has 0 amide bonds. The van der Waals surface area contributed by atoms with Gasteiger partial charge in [-0.05, 0) is 23.8 Å². The van der Waals surface area contributed by atoms with Crippen molar-refractivity contribution in [3.63, 3.8) is 0 Å². The lowest BCUT2D eigenvalue weighted by Gasteiger charge is -2.08. The second kappa shape index (κ2) is 5.42. The Kier molecular flexibility index (Phi) is 2.91. The van der Waals surface area contributed by atoms with Crippen molar-refractivity contribution < 1.29 is 0 Å². The van der Waals surface area contributed by atoms with Gasteiger partial charge in [0.1, 0.15) is 11.0 Å². The smallest absolute Gasteiger partial charge is 0.124 e. The van der Waals surface area contributed by atoms with Gasteiger partial charge in [-0.2, -0.15) is 0 Å². The molecule has 3 aromatic heterocycles. The first kappa shape index (κ1) is 14.5. The van der Waals surface area contributed by atoms with Crippen LogP contribution in [-0.4, -0.2) is 19.4 Å². The summed E-state index contributed by atoms with van der Waals surface area (Å²) in [5.74, 6) is 0. The Morgan fingerprint density at radius 3 is 2.33 bits per heavy atom. The Bertz CT molecular complexity index is 1440. The highest BCUT2D eigenvalue weighted by Gasteiger charge is 2.17. The fourth-order valence-corrected chi connectivity index (χ4v) is 4.07. The molecule has 6 rings (SSSR count). The molecule has 3 aromatic carbocycles. The molecule has 0 saturated carbocycles. The third kappa shape index (κ3) is 2.04. The van der Waals surface area contributed by atoms with Crippen LogP contribution in [0.15, 0.2) is 84.9 Å². The summed E-state index contributed by atoms with van der Waals surface area (Å²) < 4.78 is 4.35. The highest BCUT2D eigenvalue weighted by molar-refractivity contribution is 6.12. The van der Waals surface area contributed by atoms with Crippen LogP contribution in [0.2, 0.25) is 0 Å². The minimum Gasteiger partial charge on any atom is -0.307 e. The third-order valence-electron chi connectivity index (χ3n) is 5.26. The van der Waals surface area contributed by atoms with E-state index in [0.717, 1.165) is 27.5 Å². The van der Waals surface area contributed by atoms with Crippen molar-refractivity contribution >= 4 is 38.4 Å². The minimum absolute atomic E-state index is 0.701. The summed E-state index contributed by atoms with van der Waals surface area (Å²) in [6.07, 6.45) is 0. The molecule has 128 valence electrons. The lowest BCUT2D eigenvalue weighted by atomic mass is 10.1. The molecule has 27 heavy (non-hydrogen) atoms. The van der Waals surface area contributed by atoms with E-state index in [1.165, 1.54) is 16.5 Å². The average molecular weight is 348 g/mol. The summed E-state index contributed by atoms with van der Waals surface area (Å²) in [4.78, 5) is 0. The first-order valence-corrected chi connectivity index (χ1v) is 9.08. The molecular weight excluding hydrogens is 332 g/mol. The molecule has 0 aliphatic heterocycles. The number of aromatic nitrogens is 4. The van der Waals surface area contributed by atoms with Crippen LogP contribution in [0.1, 0.15) is 5.56 Å². The normalized spacial score (nSPS) is 11.9. The molecular formula is C23H16N4. The van der Waals surface area contributed by atoms with Crippen LogP contribution in [0.3, 0.4) is 0 Å². The van der Waals surface area contributed by atoms with Gasteiger partial charge >= 0.3 is 0 Å². The van der Waals surface area contributed by atoms with E-state index in [4.69, 9.17) is 0 Å². The van der Waals surface area contributed by atoms with Gasteiger partial charge in [0.2, 0.25) is 0 Å². The SMILES string of the molecule is c1ccc(Cn2nnc3c4ccccc4n4c5ccccc5cc4c32)cc1. The van der Waals surface area contributed by atoms with Crippen LogP contribution < -0.4 is 0 Å². The molecule has 3 heterocycles. The number of rotatable bonds is 2. The maximum Gasteiger partial charge on any atom is 0.124 e. The van der Waals surface area contributed by atoms with Gasteiger partial charge in [0.25, 0.3) is 0 Å². The van der Waals surface area contributed by atoms with Gasteiger partial charge in [0.15, 0.2) is 0 Å². The van der Waals surface area contributed by atoms with Gasteiger partial charge in [-0.3, -0.25) is 0 Å². The standard InChI is InChI=1S/C23H16N4/c1-2-8-16(9-3-1)15-26-23-21-14-17-10-4-6-12-19(17)27(21)20-13-7-5-11-18(20)22(23)24-25-26/h1-14H,15H2. The molecule has 0 bridgehead atoms. The first-order chi connectivity index (χ1) is 13.4. The van der Waals surface area contributed by atoms with Crippen molar-refractivity contribution in [2.45, 2.75) is 6.54 Å². The number of fused-ring (bicyclic) bond motifs is 8. The summed E-state index contributed by atoms with van der Waals surface area (Å²) in [6.45, 7) is 0.701. The van der Waals surface area contributed by atoms with E-state index in [0.29, 0.717) is 6.54 Å². The highest BCUT2D eigenvalue weighted by atomic mass is 15.4. The quantitative estimate of drug-likeness (QED) is 0.439. The first-order valence-electron chi connectivity index (χ1n) is 9.08. The molecule has 4 heteroatoms. The fourth-order valence-electron chi connectivity index (χ4n) is 4.07. The maximum absolute atomic E-state index is 4.56. The largest absolute Gasteiger partial charge is 0.307 e. The van der Waals surface area contributed by atoms with Crippen LogP contribution in [0.5, 0.6) is 0 Å². The van der Waals surface area contributed by atoms with E-state index in [2.05, 4.69) is 93.6 Å². The zero-order valence-corrected chi connectivity index (χ0v) is 14.6. The zero-order valence-electron chi connectivity index (χ0n) is 14.6. The van der Waals surface area contributed by atoms with E-state index in [1.54, 1.807) is 0 Å². The van der Waals surface area contributed by atoms with E-state index < -0.39 is 0 Å². The van der Waals surface area contributed by atoms with Crippen LogP contribution in [0, 0.1) is 0 Å². The third-order valence-corrected chi connectivity index (χ3v) is 5.26. The molecule has 6 aromatic rings. The number of hydrogen-bond donors (Lipinski definition) is 0. The molecule has 0 aliphatic rings. The van der Waals surface area contributed by atoms with Crippen molar-refractivity contribution in [2.75, 3.05) is 0 Å². The maximum atomic E-state index is 4.56. The van der Waals surface area contributed by atoms with Crippen molar-refractivity contribution in [1.82, 2.24) is 19.4 Å². The van der Waals surface area contributed by atoms with Gasteiger partial charge in [-0.25, -0.2) is 4.68 Å². The minimum atomic E-state index is 0.701. The van der Waals surface area contributed by atoms with Crippen LogP contribution in [0.4, 0.5) is 0 Å². The van der Waals surface area contributed by atoms with E-state index in [1.807, 2.05) is 10.7 Å². The number of nitrogens with zero attached hydrogens (tertiary/aromatic N) is 4. The van der Waals surface area contributed by atoms with Crippen LogP contribution >= 0.6 is 0 Å². The summed E-state index contributed by atoms with van der Waals surface area (Å²) in [5.41, 5.74) is 6.76. The molecule has 0 fully saturated rings. The van der Waals surface area contributed by atoms with Crippen LogP contribution in [-0.2, 0) is 6.54 Å². The Morgan fingerprint density at radius 1 is 0.704 bits per heavy atom. The van der Waals surface area contributed by atoms with Crippen molar-refractivity contribution in [1.29, 1.82) is 0 Å². The van der Waals surface area contributed by atoms with E-state index in [9.17, 15) is 0 Å². The van der Waals surface area contributed by atoms with Gasteiger partial charge in [0, 0.05) is 10.8 Å². The fraction of sp³-hybridized carbons (Fsp3) is 0.0435. The van der Waals surface area contributed by atoms with E-state index >= 15 is 0 Å². The monoisotopic (exact) mass is 348 g/mol. The molecule has 0 saturated heterocycles. The predicted octanol–water partition coefficient (Wildman–Crippen LogP) is 5.04. The number of benzene rings is 3. The molecule has 0 atom stereocenters. The molecule has 4 nitrogen and oxygen atoms in total. The second-order valence-electron chi connectivity index (χ2n) is 6.87. The molecule has 0 radical (unpaired) electrons. The summed E-state index contributed by atoms with van der Waals surface area (Å²) in [7, 11) is 0. The van der Waals surface area contributed by atoms with Crippen molar-refractivity contribution in [2.24, 2.45) is 0 Å². The predicted molar refractivity (Wildman–Crippen MR) is 109 cm³/mol. The summed E-state index contributed by atoms with van der Waals surface area (Å²) in [5, 5.41) is 11.4. The van der Waals surface area contributed by atoms with Gasteiger partial charge in [-0.15, -0.1) is 5.10 Å². The summed E-state index contributed by atoms with van der Waals surface area (Å²) in [6, 6.07) is 29.6. The molecule has 0 spiro atoms. The zero-order chi connectivity index (χ0) is 17.8. The van der Waals surface area contributed by atoms with Gasteiger partial charge < -0.3 is 4.40 Å². The Morgan fingerprint density at radius 2 is 1.44 bits per heavy atom. The topological polar surface area (TPSA) is 35.1 Å². The number of hydrogen-bond acceptors (Lipinski definition) is 2. The number of para-hydroxylation sites is 2. The van der Waals surface area contributed by atoms with Gasteiger partial charge in [-0.1, -0.05) is 71.9 Å². The Labute approximate surface area is 155 Å². The lowest BCUT2D eigenvalue weighted by Crippen LogP contribution is -2.02. The lowest BCUT2D eigenvalue weighted by molar-refractivity contribution is 0.671. The average Bonchev–Trinajstić information content (AvgIpc) is 3.31. The molecule has 0 N–H and O–H groups in total.